The Hall–Kier alpha value is -1.80. The van der Waals surface area contributed by atoms with E-state index in [1.165, 1.54) is 23.2 Å². The van der Waals surface area contributed by atoms with Gasteiger partial charge in [-0.2, -0.15) is 0 Å². The SMILES string of the molecule is c1ccc(-c2ccc(NCC3CCOC3)cc2)cc1. The number of anilines is 1. The van der Waals surface area contributed by atoms with Gasteiger partial charge in [0.1, 0.15) is 0 Å². The molecule has 0 aliphatic carbocycles. The summed E-state index contributed by atoms with van der Waals surface area (Å²) in [5.74, 6) is 0.661. The van der Waals surface area contributed by atoms with Crippen LogP contribution in [-0.4, -0.2) is 19.8 Å². The van der Waals surface area contributed by atoms with Crippen molar-refractivity contribution in [2.75, 3.05) is 25.1 Å². The quantitative estimate of drug-likeness (QED) is 0.894. The zero-order chi connectivity index (χ0) is 12.9. The molecule has 0 amide bonds. The van der Waals surface area contributed by atoms with E-state index in [-0.39, 0.29) is 0 Å². The van der Waals surface area contributed by atoms with Crippen molar-refractivity contribution >= 4 is 5.69 Å². The van der Waals surface area contributed by atoms with Crippen LogP contribution >= 0.6 is 0 Å². The van der Waals surface area contributed by atoms with E-state index in [2.05, 4.69) is 53.8 Å². The topological polar surface area (TPSA) is 21.3 Å². The molecule has 0 radical (unpaired) electrons. The highest BCUT2D eigenvalue weighted by Gasteiger charge is 2.14. The van der Waals surface area contributed by atoms with E-state index in [0.29, 0.717) is 5.92 Å². The highest BCUT2D eigenvalue weighted by molar-refractivity contribution is 5.65. The van der Waals surface area contributed by atoms with Gasteiger partial charge in [-0.3, -0.25) is 0 Å². The van der Waals surface area contributed by atoms with Crippen LogP contribution in [0.1, 0.15) is 6.42 Å². The molecule has 3 rings (SSSR count). The fraction of sp³-hybridized carbons (Fsp3) is 0.294. The molecule has 0 aromatic heterocycles. The molecule has 1 heterocycles. The molecular formula is C17H19NO. The van der Waals surface area contributed by atoms with Crippen LogP contribution in [-0.2, 0) is 4.74 Å². The van der Waals surface area contributed by atoms with Gasteiger partial charge in [0.25, 0.3) is 0 Å². The standard InChI is InChI=1S/C17H19NO/c1-2-4-15(5-3-1)16-6-8-17(9-7-16)18-12-14-10-11-19-13-14/h1-9,14,18H,10-13H2. The fourth-order valence-electron chi connectivity index (χ4n) is 2.42. The first kappa shape index (κ1) is 12.2. The summed E-state index contributed by atoms with van der Waals surface area (Å²) < 4.78 is 5.38. The van der Waals surface area contributed by atoms with Gasteiger partial charge in [0.05, 0.1) is 6.61 Å². The van der Waals surface area contributed by atoms with E-state index in [1.54, 1.807) is 0 Å². The van der Waals surface area contributed by atoms with Crippen LogP contribution < -0.4 is 5.32 Å². The average molecular weight is 253 g/mol. The summed E-state index contributed by atoms with van der Waals surface area (Å²) in [6.07, 6.45) is 1.18. The molecule has 0 bridgehead atoms. The molecule has 1 atom stereocenters. The molecular weight excluding hydrogens is 234 g/mol. The van der Waals surface area contributed by atoms with Gasteiger partial charge in [0.2, 0.25) is 0 Å². The number of benzene rings is 2. The fourth-order valence-corrected chi connectivity index (χ4v) is 2.42. The first-order valence-corrected chi connectivity index (χ1v) is 6.89. The van der Waals surface area contributed by atoms with E-state index < -0.39 is 0 Å². The minimum Gasteiger partial charge on any atom is -0.385 e. The molecule has 2 heteroatoms. The lowest BCUT2D eigenvalue weighted by Gasteiger charge is -2.11. The summed E-state index contributed by atoms with van der Waals surface area (Å²) in [5, 5.41) is 3.49. The minimum absolute atomic E-state index is 0.661. The maximum Gasteiger partial charge on any atom is 0.0511 e. The van der Waals surface area contributed by atoms with Gasteiger partial charge in [-0.1, -0.05) is 42.5 Å². The third kappa shape index (κ3) is 3.15. The number of hydrogen-bond donors (Lipinski definition) is 1. The predicted octanol–water partition coefficient (Wildman–Crippen LogP) is 3.80. The highest BCUT2D eigenvalue weighted by atomic mass is 16.5. The molecule has 2 aromatic carbocycles. The van der Waals surface area contributed by atoms with Crippen LogP contribution in [0.25, 0.3) is 11.1 Å². The number of hydrogen-bond acceptors (Lipinski definition) is 2. The van der Waals surface area contributed by atoms with Gasteiger partial charge in [0.15, 0.2) is 0 Å². The van der Waals surface area contributed by atoms with Crippen molar-refractivity contribution in [3.8, 4) is 11.1 Å². The Balaban J connectivity index is 1.62. The molecule has 98 valence electrons. The average Bonchev–Trinajstić information content (AvgIpc) is 3.00. The van der Waals surface area contributed by atoms with E-state index in [1.807, 2.05) is 6.07 Å². The summed E-state index contributed by atoms with van der Waals surface area (Å²) in [6.45, 7) is 2.82. The van der Waals surface area contributed by atoms with Crippen LogP contribution in [0.4, 0.5) is 5.69 Å². The van der Waals surface area contributed by atoms with Crippen LogP contribution in [0.2, 0.25) is 0 Å². The molecule has 1 unspecified atom stereocenters. The van der Waals surface area contributed by atoms with E-state index in [0.717, 1.165) is 19.8 Å². The van der Waals surface area contributed by atoms with Crippen molar-refractivity contribution in [2.24, 2.45) is 5.92 Å². The Morgan fingerprint density at radius 2 is 1.68 bits per heavy atom. The van der Waals surface area contributed by atoms with Crippen molar-refractivity contribution < 1.29 is 4.74 Å². The van der Waals surface area contributed by atoms with Crippen LogP contribution in [0.5, 0.6) is 0 Å². The second kappa shape index (κ2) is 5.89. The van der Waals surface area contributed by atoms with Gasteiger partial charge in [0, 0.05) is 24.8 Å². The van der Waals surface area contributed by atoms with Crippen LogP contribution in [0.3, 0.4) is 0 Å². The van der Waals surface area contributed by atoms with Crippen molar-refractivity contribution in [3.63, 3.8) is 0 Å². The van der Waals surface area contributed by atoms with Crippen molar-refractivity contribution in [2.45, 2.75) is 6.42 Å². The van der Waals surface area contributed by atoms with E-state index in [4.69, 9.17) is 4.74 Å². The summed E-state index contributed by atoms with van der Waals surface area (Å²) in [6, 6.07) is 19.1. The first-order valence-electron chi connectivity index (χ1n) is 6.89. The molecule has 2 nitrogen and oxygen atoms in total. The summed E-state index contributed by atoms with van der Waals surface area (Å²) in [7, 11) is 0. The lowest BCUT2D eigenvalue weighted by Crippen LogP contribution is -2.13. The van der Waals surface area contributed by atoms with Crippen LogP contribution in [0.15, 0.2) is 54.6 Å². The monoisotopic (exact) mass is 253 g/mol. The Morgan fingerprint density at radius 1 is 0.947 bits per heavy atom. The zero-order valence-corrected chi connectivity index (χ0v) is 11.0. The Labute approximate surface area is 114 Å². The molecule has 1 fully saturated rings. The highest BCUT2D eigenvalue weighted by Crippen LogP contribution is 2.21. The lowest BCUT2D eigenvalue weighted by molar-refractivity contribution is 0.187. The first-order chi connectivity index (χ1) is 9.42. The van der Waals surface area contributed by atoms with Crippen molar-refractivity contribution in [1.29, 1.82) is 0 Å². The Bertz CT molecular complexity index is 501. The largest absolute Gasteiger partial charge is 0.385 e. The number of rotatable bonds is 4. The van der Waals surface area contributed by atoms with Gasteiger partial charge in [-0.05, 0) is 29.7 Å². The molecule has 0 spiro atoms. The van der Waals surface area contributed by atoms with Gasteiger partial charge < -0.3 is 10.1 Å². The maximum atomic E-state index is 5.38. The second-order valence-electron chi connectivity index (χ2n) is 5.05. The predicted molar refractivity (Wildman–Crippen MR) is 79.3 cm³/mol. The molecule has 2 aromatic rings. The smallest absolute Gasteiger partial charge is 0.0511 e. The van der Waals surface area contributed by atoms with E-state index in [9.17, 15) is 0 Å². The summed E-state index contributed by atoms with van der Waals surface area (Å²) >= 11 is 0. The van der Waals surface area contributed by atoms with Gasteiger partial charge in [-0.25, -0.2) is 0 Å². The van der Waals surface area contributed by atoms with E-state index >= 15 is 0 Å². The normalized spacial score (nSPS) is 18.4. The molecule has 1 saturated heterocycles. The maximum absolute atomic E-state index is 5.38. The third-order valence-corrected chi connectivity index (χ3v) is 3.61. The molecule has 1 aliphatic heterocycles. The third-order valence-electron chi connectivity index (χ3n) is 3.61. The van der Waals surface area contributed by atoms with Gasteiger partial charge >= 0.3 is 0 Å². The Kier molecular flexibility index (Phi) is 3.80. The van der Waals surface area contributed by atoms with Crippen LogP contribution in [0, 0.1) is 5.92 Å². The minimum atomic E-state index is 0.661. The van der Waals surface area contributed by atoms with Crippen molar-refractivity contribution in [3.05, 3.63) is 54.6 Å². The molecule has 1 aliphatic rings. The lowest BCUT2D eigenvalue weighted by atomic mass is 10.1. The van der Waals surface area contributed by atoms with Crippen molar-refractivity contribution in [1.82, 2.24) is 0 Å². The number of ether oxygens (including phenoxy) is 1. The number of nitrogens with one attached hydrogen (secondary N) is 1. The summed E-state index contributed by atoms with van der Waals surface area (Å²) in [5.41, 5.74) is 3.71. The zero-order valence-electron chi connectivity index (χ0n) is 11.0. The molecule has 1 N–H and O–H groups in total. The van der Waals surface area contributed by atoms with Gasteiger partial charge in [-0.15, -0.1) is 0 Å². The second-order valence-corrected chi connectivity index (χ2v) is 5.05. The molecule has 0 saturated carbocycles. The summed E-state index contributed by atoms with van der Waals surface area (Å²) in [4.78, 5) is 0. The molecule has 19 heavy (non-hydrogen) atoms. The Morgan fingerprint density at radius 3 is 2.37 bits per heavy atom.